The molecule has 1 N–H and O–H groups in total. The number of benzene rings is 4. The summed E-state index contributed by atoms with van der Waals surface area (Å²) >= 11 is 13.1. The highest BCUT2D eigenvalue weighted by molar-refractivity contribution is 6.20. The molecular weight excluding hydrogens is 859 g/mol. The van der Waals surface area contributed by atoms with Gasteiger partial charge in [-0.2, -0.15) is 0 Å². The van der Waals surface area contributed by atoms with E-state index in [1.807, 2.05) is 36.4 Å². The van der Waals surface area contributed by atoms with Crippen molar-refractivity contribution in [3.8, 4) is 11.5 Å². The first-order valence-corrected chi connectivity index (χ1v) is 21.7. The van der Waals surface area contributed by atoms with E-state index in [-0.39, 0.29) is 47.6 Å². The van der Waals surface area contributed by atoms with Crippen LogP contribution in [0.5, 0.6) is 11.5 Å². The third kappa shape index (κ3) is 6.81. The van der Waals surface area contributed by atoms with Crippen LogP contribution in [0.2, 0.25) is 0 Å². The minimum Gasteiger partial charge on any atom is -0.507 e. The van der Waals surface area contributed by atoms with Gasteiger partial charge in [0.05, 0.1) is 29.3 Å². The molecule has 4 aromatic rings. The fourth-order valence-corrected chi connectivity index (χ4v) is 11.2. The predicted molar refractivity (Wildman–Crippen MR) is 228 cm³/mol. The van der Waals surface area contributed by atoms with Crippen LogP contribution in [0.4, 0.5) is 11.4 Å². The second kappa shape index (κ2) is 15.9. The standard InChI is InChI=1S/C46H44Cl2N2O13/c1-22(51)59-37-38(60-23(2)52)40(61-24(3)53)42(63-39(37)41(55)58-4)62-34-14-32-36(30-12-8-6-10-28(30)34)26(16-48)18-50(32)44(57)46-19-45(20-46,21-46)43(56)49-17-25(15-47)35-29-11-7-5-9-27(29)33(54)13-31(35)49/h5-14,25-26,37-40,42,54H,15-21H2,1-4H3. The number of anilines is 2. The minimum atomic E-state index is -1.68. The molecule has 17 heteroatoms. The van der Waals surface area contributed by atoms with Crippen LogP contribution in [0.15, 0.2) is 60.7 Å². The fourth-order valence-electron chi connectivity index (χ4n) is 10.7. The number of methoxy groups -OCH3 is 1. The van der Waals surface area contributed by atoms with E-state index in [2.05, 4.69) is 0 Å². The summed E-state index contributed by atoms with van der Waals surface area (Å²) in [4.78, 5) is 83.1. The van der Waals surface area contributed by atoms with Gasteiger partial charge in [-0.05, 0) is 41.2 Å². The zero-order chi connectivity index (χ0) is 44.7. The maximum atomic E-state index is 14.9. The number of carbonyl (C=O) groups excluding carboxylic acids is 6. The van der Waals surface area contributed by atoms with E-state index in [9.17, 15) is 33.9 Å². The Hall–Kier alpha value is -5.64. The molecule has 0 aromatic heterocycles. The van der Waals surface area contributed by atoms with E-state index >= 15 is 0 Å². The van der Waals surface area contributed by atoms with Crippen LogP contribution in [-0.2, 0) is 52.5 Å². The number of phenolic OH excluding ortho intramolecular Hbond substituents is 1. The van der Waals surface area contributed by atoms with E-state index in [1.54, 1.807) is 34.1 Å². The van der Waals surface area contributed by atoms with Gasteiger partial charge in [-0.3, -0.25) is 24.0 Å². The molecule has 3 aliphatic heterocycles. The quantitative estimate of drug-likeness (QED) is 0.112. The van der Waals surface area contributed by atoms with Crippen LogP contribution in [0, 0.1) is 10.8 Å². The Labute approximate surface area is 371 Å². The van der Waals surface area contributed by atoms with Crippen molar-refractivity contribution in [2.45, 2.75) is 82.6 Å². The highest BCUT2D eigenvalue weighted by Gasteiger charge is 2.76. The number of amides is 2. The number of halogens is 2. The van der Waals surface area contributed by atoms with Crippen molar-refractivity contribution in [2.75, 3.05) is 41.8 Å². The Bertz CT molecular complexity index is 2600. The second-order valence-electron chi connectivity index (χ2n) is 17.1. The summed E-state index contributed by atoms with van der Waals surface area (Å²) < 4.78 is 34.1. The molecule has 1 saturated heterocycles. The van der Waals surface area contributed by atoms with Crippen molar-refractivity contribution < 1.29 is 62.3 Å². The maximum absolute atomic E-state index is 14.9. The lowest BCUT2D eigenvalue weighted by Crippen LogP contribution is -2.73. The summed E-state index contributed by atoms with van der Waals surface area (Å²) in [5.74, 6) is -3.40. The lowest BCUT2D eigenvalue weighted by Gasteiger charge is -2.69. The van der Waals surface area contributed by atoms with E-state index in [4.69, 9.17) is 51.6 Å². The smallest absolute Gasteiger partial charge is 0.339 e. The molecule has 4 aromatic carbocycles. The molecule has 3 aliphatic carbocycles. The SMILES string of the molecule is COC(=O)C1OC(Oc2cc3c(c4ccccc24)C(CCl)CN3C(=O)C23CC(C(=O)N4CC(CCl)c5c4cc(O)c4ccccc54)(C2)C3)C(OC(C)=O)C(OC(C)=O)C1OC(C)=O. The number of ether oxygens (including phenoxy) is 6. The van der Waals surface area contributed by atoms with Crippen LogP contribution in [0.3, 0.4) is 0 Å². The average Bonchev–Trinajstić information content (AvgIpc) is 3.79. The largest absolute Gasteiger partial charge is 0.507 e. The summed E-state index contributed by atoms with van der Waals surface area (Å²) in [5.41, 5.74) is 1.35. The number of hydrogen-bond donors (Lipinski definition) is 1. The van der Waals surface area contributed by atoms with Gasteiger partial charge >= 0.3 is 23.9 Å². The normalized spacial score (nSPS) is 28.9. The fraction of sp³-hybridized carbons (Fsp3) is 0.435. The highest BCUT2D eigenvalue weighted by Crippen LogP contribution is 2.75. The van der Waals surface area contributed by atoms with Gasteiger partial charge in [-0.15, -0.1) is 23.2 Å². The van der Waals surface area contributed by atoms with Gasteiger partial charge in [-0.1, -0.05) is 48.5 Å². The first kappa shape index (κ1) is 42.7. The lowest BCUT2D eigenvalue weighted by atomic mass is 9.34. The Kier molecular flexibility index (Phi) is 10.7. The molecule has 3 heterocycles. The summed E-state index contributed by atoms with van der Waals surface area (Å²) in [6.07, 6.45) is -7.00. The van der Waals surface area contributed by atoms with Crippen molar-refractivity contribution in [2.24, 2.45) is 10.8 Å². The van der Waals surface area contributed by atoms with Gasteiger partial charge in [0.2, 0.25) is 24.2 Å². The molecule has 6 aliphatic rings. The van der Waals surface area contributed by atoms with Gasteiger partial charge in [0, 0.05) is 80.4 Å². The van der Waals surface area contributed by atoms with E-state index in [0.29, 0.717) is 59.2 Å². The van der Waals surface area contributed by atoms with E-state index < -0.39 is 65.4 Å². The summed E-state index contributed by atoms with van der Waals surface area (Å²) in [6, 6.07) is 18.1. The number of alkyl halides is 2. The molecule has 3 saturated carbocycles. The van der Waals surface area contributed by atoms with Gasteiger partial charge in [-0.25, -0.2) is 4.79 Å². The molecule has 7 atom stereocenters. The van der Waals surface area contributed by atoms with Gasteiger partial charge in [0.1, 0.15) is 11.5 Å². The molecule has 15 nitrogen and oxygen atoms in total. The van der Waals surface area contributed by atoms with Crippen LogP contribution >= 0.6 is 23.2 Å². The number of hydrogen-bond acceptors (Lipinski definition) is 13. The molecule has 10 rings (SSSR count). The van der Waals surface area contributed by atoms with Crippen LogP contribution in [0.1, 0.15) is 63.0 Å². The highest BCUT2D eigenvalue weighted by atomic mass is 35.5. The van der Waals surface area contributed by atoms with E-state index in [1.165, 1.54) is 0 Å². The second-order valence-corrected chi connectivity index (χ2v) is 17.8. The number of rotatable bonds is 10. The molecular formula is C46H44Cl2N2O13. The first-order chi connectivity index (χ1) is 30.1. The third-order valence-electron chi connectivity index (χ3n) is 13.2. The molecule has 0 radical (unpaired) electrons. The molecule has 0 spiro atoms. The van der Waals surface area contributed by atoms with Crippen molar-refractivity contribution in [1.29, 1.82) is 0 Å². The third-order valence-corrected chi connectivity index (χ3v) is 13.9. The van der Waals surface area contributed by atoms with Crippen LogP contribution < -0.4 is 14.5 Å². The zero-order valence-electron chi connectivity index (χ0n) is 34.8. The van der Waals surface area contributed by atoms with Crippen LogP contribution in [0.25, 0.3) is 21.5 Å². The van der Waals surface area contributed by atoms with E-state index in [0.717, 1.165) is 44.4 Å². The number of aromatic hydroxyl groups is 1. The first-order valence-electron chi connectivity index (χ1n) is 20.6. The van der Waals surface area contributed by atoms with Crippen molar-refractivity contribution in [1.82, 2.24) is 0 Å². The summed E-state index contributed by atoms with van der Waals surface area (Å²) in [5, 5.41) is 13.8. The van der Waals surface area contributed by atoms with Crippen molar-refractivity contribution in [3.05, 3.63) is 71.8 Å². The Balaban J connectivity index is 1.03. The van der Waals surface area contributed by atoms with Crippen molar-refractivity contribution >= 4 is 91.8 Å². The number of nitrogens with zero attached hydrogens (tertiary/aromatic N) is 2. The topological polar surface area (TPSA) is 185 Å². The van der Waals surface area contributed by atoms with Gasteiger partial charge in [0.15, 0.2) is 18.3 Å². The summed E-state index contributed by atoms with van der Waals surface area (Å²) in [7, 11) is 1.09. The lowest BCUT2D eigenvalue weighted by molar-refractivity contribution is -0.282. The number of phenols is 1. The average molecular weight is 904 g/mol. The molecule has 2 bridgehead atoms. The van der Waals surface area contributed by atoms with Crippen molar-refractivity contribution in [3.63, 3.8) is 0 Å². The van der Waals surface area contributed by atoms with Crippen LogP contribution in [-0.4, -0.2) is 103 Å². The number of fused-ring (bicyclic) bond motifs is 6. The maximum Gasteiger partial charge on any atom is 0.339 e. The Morgan fingerprint density at radius 1 is 0.683 bits per heavy atom. The Morgan fingerprint density at radius 2 is 1.14 bits per heavy atom. The number of carbonyl (C=O) groups is 6. The summed E-state index contributed by atoms with van der Waals surface area (Å²) in [6.45, 7) is 3.93. The monoisotopic (exact) mass is 902 g/mol. The Morgan fingerprint density at radius 3 is 1.65 bits per heavy atom. The van der Waals surface area contributed by atoms with Gasteiger partial charge in [0.25, 0.3) is 0 Å². The molecule has 2 amide bonds. The molecule has 4 fully saturated rings. The van der Waals surface area contributed by atoms with Gasteiger partial charge < -0.3 is 43.3 Å². The molecule has 330 valence electrons. The molecule has 63 heavy (non-hydrogen) atoms. The molecule has 7 unspecified atom stereocenters. The minimum absolute atomic E-state index is 0.0784. The zero-order valence-corrected chi connectivity index (χ0v) is 36.3. The predicted octanol–water partition coefficient (Wildman–Crippen LogP) is 5.98. The number of esters is 4.